The Morgan fingerprint density at radius 1 is 0.816 bits per heavy atom. The van der Waals surface area contributed by atoms with Crippen molar-refractivity contribution < 1.29 is 8.42 Å². The SMILES string of the molecule is Cc1ccc(Nc2nc(-c3ccccc3)nc3ccccc23)cc1S(=O)(=O)NC12CC3CC(CC(C3)C1)C2. The Hall–Kier alpha value is -3.29. The molecule has 4 aromatic rings. The van der Waals surface area contributed by atoms with Gasteiger partial charge in [-0.15, -0.1) is 0 Å². The second-order valence-corrected chi connectivity index (χ2v) is 13.3. The fourth-order valence-electron chi connectivity index (χ4n) is 7.57. The summed E-state index contributed by atoms with van der Waals surface area (Å²) in [6.07, 6.45) is 6.75. The van der Waals surface area contributed by atoms with Crippen molar-refractivity contribution >= 4 is 32.4 Å². The Morgan fingerprint density at radius 2 is 1.47 bits per heavy atom. The molecule has 4 aliphatic rings. The van der Waals surface area contributed by atoms with E-state index in [0.717, 1.165) is 41.3 Å². The van der Waals surface area contributed by atoms with Crippen LogP contribution < -0.4 is 10.0 Å². The molecule has 0 aliphatic heterocycles. The van der Waals surface area contributed by atoms with Gasteiger partial charge in [-0.05, 0) is 93.0 Å². The quantitative estimate of drug-likeness (QED) is 0.297. The highest BCUT2D eigenvalue weighted by Gasteiger charge is 2.52. The average molecular weight is 525 g/mol. The highest BCUT2D eigenvalue weighted by Crippen LogP contribution is 2.56. The fourth-order valence-corrected chi connectivity index (χ4v) is 9.27. The number of sulfonamides is 1. The minimum Gasteiger partial charge on any atom is -0.340 e. The van der Waals surface area contributed by atoms with Gasteiger partial charge in [-0.25, -0.2) is 23.1 Å². The van der Waals surface area contributed by atoms with Crippen molar-refractivity contribution in [2.75, 3.05) is 5.32 Å². The van der Waals surface area contributed by atoms with Crippen molar-refractivity contribution in [2.24, 2.45) is 17.8 Å². The number of nitrogens with one attached hydrogen (secondary N) is 2. The first-order valence-corrected chi connectivity index (χ1v) is 15.1. The van der Waals surface area contributed by atoms with Gasteiger partial charge in [-0.1, -0.05) is 48.5 Å². The largest absolute Gasteiger partial charge is 0.340 e. The molecule has 0 saturated heterocycles. The molecule has 4 saturated carbocycles. The van der Waals surface area contributed by atoms with Crippen molar-refractivity contribution in [3.8, 4) is 11.4 Å². The molecule has 2 N–H and O–H groups in total. The maximum atomic E-state index is 13.8. The van der Waals surface area contributed by atoms with E-state index >= 15 is 0 Å². The van der Waals surface area contributed by atoms with Crippen LogP contribution in [0, 0.1) is 24.7 Å². The molecule has 38 heavy (non-hydrogen) atoms. The fraction of sp³-hybridized carbons (Fsp3) is 0.355. The first-order valence-electron chi connectivity index (χ1n) is 13.6. The molecule has 4 aliphatic carbocycles. The Balaban J connectivity index is 1.23. The third kappa shape index (κ3) is 4.28. The Labute approximate surface area is 224 Å². The first-order chi connectivity index (χ1) is 18.4. The number of fused-ring (bicyclic) bond motifs is 1. The van der Waals surface area contributed by atoms with E-state index in [2.05, 4.69) is 10.0 Å². The lowest BCUT2D eigenvalue weighted by Crippen LogP contribution is -2.59. The molecule has 1 heterocycles. The normalized spacial score (nSPS) is 26.1. The molecule has 0 radical (unpaired) electrons. The van der Waals surface area contributed by atoms with Gasteiger partial charge < -0.3 is 5.32 Å². The zero-order chi connectivity index (χ0) is 25.9. The number of aryl methyl sites for hydroxylation is 1. The molecule has 0 unspecified atom stereocenters. The third-order valence-corrected chi connectivity index (χ3v) is 10.5. The smallest absolute Gasteiger partial charge is 0.241 e. The molecule has 0 spiro atoms. The monoisotopic (exact) mass is 524 g/mol. The van der Waals surface area contributed by atoms with Gasteiger partial charge in [0, 0.05) is 22.2 Å². The minimum atomic E-state index is -3.68. The lowest BCUT2D eigenvalue weighted by atomic mass is 9.53. The minimum absolute atomic E-state index is 0.281. The summed E-state index contributed by atoms with van der Waals surface area (Å²) >= 11 is 0. The highest BCUT2D eigenvalue weighted by molar-refractivity contribution is 7.89. The Morgan fingerprint density at radius 3 is 2.18 bits per heavy atom. The van der Waals surface area contributed by atoms with Crippen LogP contribution in [0.25, 0.3) is 22.3 Å². The Kier molecular flexibility index (Phi) is 5.57. The topological polar surface area (TPSA) is 84.0 Å². The van der Waals surface area contributed by atoms with Gasteiger partial charge in [0.05, 0.1) is 10.4 Å². The van der Waals surface area contributed by atoms with Crippen molar-refractivity contribution in [1.82, 2.24) is 14.7 Å². The van der Waals surface area contributed by atoms with Crippen molar-refractivity contribution in [3.05, 3.63) is 78.4 Å². The summed E-state index contributed by atoms with van der Waals surface area (Å²) in [5.74, 6) is 3.28. The lowest BCUT2D eigenvalue weighted by molar-refractivity contribution is -0.00810. The summed E-state index contributed by atoms with van der Waals surface area (Å²) in [6.45, 7) is 1.87. The standard InChI is InChI=1S/C31H32N4O2S/c1-20-11-12-25(16-28(20)38(36,37)35-31-17-21-13-22(18-31)15-23(14-21)19-31)32-30-26-9-5-6-10-27(26)33-29(34-30)24-7-3-2-4-8-24/h2-12,16,21-23,35H,13-15,17-19H2,1H3,(H,32,33,34). The second kappa shape index (κ2) is 8.89. The summed E-state index contributed by atoms with van der Waals surface area (Å²) in [7, 11) is -3.68. The van der Waals surface area contributed by atoms with E-state index < -0.39 is 10.0 Å². The van der Waals surface area contributed by atoms with E-state index in [1.807, 2.05) is 73.7 Å². The van der Waals surface area contributed by atoms with Gasteiger partial charge in [-0.2, -0.15) is 0 Å². The molecule has 0 atom stereocenters. The molecular formula is C31H32N4O2S. The number of benzene rings is 3. The van der Waals surface area contributed by atoms with Crippen LogP contribution in [0.2, 0.25) is 0 Å². The number of rotatable bonds is 6. The summed E-state index contributed by atoms with van der Waals surface area (Å²) in [6, 6.07) is 23.3. The van der Waals surface area contributed by atoms with Gasteiger partial charge >= 0.3 is 0 Å². The predicted molar refractivity (Wildman–Crippen MR) is 151 cm³/mol. The van der Waals surface area contributed by atoms with Crippen molar-refractivity contribution in [2.45, 2.75) is 55.9 Å². The molecule has 4 bridgehead atoms. The van der Waals surface area contributed by atoms with E-state index in [1.54, 1.807) is 6.07 Å². The van der Waals surface area contributed by atoms with Crippen LogP contribution in [0.1, 0.15) is 44.1 Å². The van der Waals surface area contributed by atoms with E-state index in [0.29, 0.717) is 40.0 Å². The molecular weight excluding hydrogens is 492 g/mol. The van der Waals surface area contributed by atoms with Crippen LogP contribution in [-0.2, 0) is 10.0 Å². The summed E-state index contributed by atoms with van der Waals surface area (Å²) in [5, 5.41) is 4.29. The van der Waals surface area contributed by atoms with Crippen LogP contribution in [0.3, 0.4) is 0 Å². The maximum absolute atomic E-state index is 13.8. The van der Waals surface area contributed by atoms with Gasteiger partial charge in [0.2, 0.25) is 10.0 Å². The summed E-state index contributed by atoms with van der Waals surface area (Å²) < 4.78 is 30.9. The van der Waals surface area contributed by atoms with Crippen LogP contribution in [-0.4, -0.2) is 23.9 Å². The van der Waals surface area contributed by atoms with Crippen LogP contribution in [0.15, 0.2) is 77.7 Å². The van der Waals surface area contributed by atoms with Gasteiger partial charge in [0.1, 0.15) is 5.82 Å². The zero-order valence-electron chi connectivity index (χ0n) is 21.5. The number of nitrogens with zero attached hydrogens (tertiary/aromatic N) is 2. The zero-order valence-corrected chi connectivity index (χ0v) is 22.3. The van der Waals surface area contributed by atoms with E-state index in [-0.39, 0.29) is 5.54 Å². The van der Waals surface area contributed by atoms with Crippen LogP contribution in [0.4, 0.5) is 11.5 Å². The second-order valence-electron chi connectivity index (χ2n) is 11.7. The van der Waals surface area contributed by atoms with Gasteiger partial charge in [-0.3, -0.25) is 0 Å². The number of aromatic nitrogens is 2. The number of anilines is 2. The van der Waals surface area contributed by atoms with Gasteiger partial charge in [0.15, 0.2) is 5.82 Å². The molecule has 194 valence electrons. The van der Waals surface area contributed by atoms with Crippen molar-refractivity contribution in [1.29, 1.82) is 0 Å². The van der Waals surface area contributed by atoms with Crippen LogP contribution in [0.5, 0.6) is 0 Å². The average Bonchev–Trinajstić information content (AvgIpc) is 2.89. The third-order valence-electron chi connectivity index (χ3n) is 8.76. The van der Waals surface area contributed by atoms with E-state index in [9.17, 15) is 8.42 Å². The molecule has 3 aromatic carbocycles. The van der Waals surface area contributed by atoms with E-state index in [4.69, 9.17) is 9.97 Å². The van der Waals surface area contributed by atoms with E-state index in [1.165, 1.54) is 19.3 Å². The molecule has 7 heteroatoms. The lowest BCUT2D eigenvalue weighted by Gasteiger charge is -2.56. The summed E-state index contributed by atoms with van der Waals surface area (Å²) in [4.78, 5) is 9.94. The van der Waals surface area contributed by atoms with Crippen LogP contribution >= 0.6 is 0 Å². The molecule has 0 amide bonds. The highest BCUT2D eigenvalue weighted by atomic mass is 32.2. The molecule has 1 aromatic heterocycles. The number of para-hydroxylation sites is 1. The van der Waals surface area contributed by atoms with Gasteiger partial charge in [0.25, 0.3) is 0 Å². The molecule has 6 nitrogen and oxygen atoms in total. The maximum Gasteiger partial charge on any atom is 0.241 e. The predicted octanol–water partition coefficient (Wildman–Crippen LogP) is 6.60. The molecule has 8 rings (SSSR count). The summed E-state index contributed by atoms with van der Waals surface area (Å²) in [5.41, 5.74) is 2.90. The van der Waals surface area contributed by atoms with Crippen molar-refractivity contribution in [3.63, 3.8) is 0 Å². The molecule has 4 fully saturated rings. The number of hydrogen-bond donors (Lipinski definition) is 2. The number of hydrogen-bond acceptors (Lipinski definition) is 5. The first kappa shape index (κ1) is 23.8. The Bertz CT molecular complexity index is 1600.